The molecule has 0 aliphatic carbocycles. The van der Waals surface area contributed by atoms with Gasteiger partial charge in [-0.1, -0.05) is 0 Å². The maximum atomic E-state index is 5.38. The molecule has 0 aromatic carbocycles. The Labute approximate surface area is 54.8 Å². The fourth-order valence-electron chi connectivity index (χ4n) is 0.880. The Morgan fingerprint density at radius 2 is 2.62 bits per heavy atom. The highest BCUT2D eigenvalue weighted by molar-refractivity contribution is 7.99. The number of thioether (sulfide) groups is 1. The topological polar surface area (TPSA) is 9.23 Å². The van der Waals surface area contributed by atoms with E-state index in [0.29, 0.717) is 6.10 Å². The van der Waals surface area contributed by atoms with Crippen LogP contribution < -0.4 is 0 Å². The Morgan fingerprint density at radius 3 is 3.12 bits per heavy atom. The number of hydrogen-bond donors (Lipinski definition) is 0. The molecule has 1 saturated heterocycles. The van der Waals surface area contributed by atoms with Gasteiger partial charge in [0, 0.05) is 12.4 Å². The third kappa shape index (κ3) is 1.67. The van der Waals surface area contributed by atoms with Gasteiger partial charge in [-0.05, 0) is 19.1 Å². The molecule has 48 valence electrons. The van der Waals surface area contributed by atoms with Crippen LogP contribution in [-0.2, 0) is 4.74 Å². The summed E-state index contributed by atoms with van der Waals surface area (Å²) in [4.78, 5) is 0. The highest BCUT2D eigenvalue weighted by Crippen LogP contribution is 2.19. The van der Waals surface area contributed by atoms with Crippen molar-refractivity contribution < 1.29 is 4.74 Å². The van der Waals surface area contributed by atoms with Crippen molar-refractivity contribution in [3.8, 4) is 0 Å². The minimum absolute atomic E-state index is 0.574. The molecule has 0 saturated carbocycles. The highest BCUT2D eigenvalue weighted by atomic mass is 32.2. The van der Waals surface area contributed by atoms with Gasteiger partial charge in [-0.3, -0.25) is 0 Å². The second kappa shape index (κ2) is 3.36. The molecule has 2 heteroatoms. The van der Waals surface area contributed by atoms with E-state index in [-0.39, 0.29) is 0 Å². The minimum Gasteiger partial charge on any atom is -0.378 e. The van der Waals surface area contributed by atoms with Crippen molar-refractivity contribution in [1.29, 1.82) is 0 Å². The monoisotopic (exact) mass is 132 g/mol. The Bertz CT molecular complexity index is 59.5. The zero-order valence-electron chi connectivity index (χ0n) is 5.22. The molecule has 1 nitrogen and oxygen atoms in total. The summed E-state index contributed by atoms with van der Waals surface area (Å²) in [7, 11) is 0. The van der Waals surface area contributed by atoms with Crippen LogP contribution in [0.25, 0.3) is 0 Å². The summed E-state index contributed by atoms with van der Waals surface area (Å²) in [6.45, 7) is 2.94. The first kappa shape index (κ1) is 6.43. The number of rotatable bonds is 2. The fraction of sp³-hybridized carbons (Fsp3) is 1.00. The van der Waals surface area contributed by atoms with E-state index in [2.05, 4.69) is 6.92 Å². The van der Waals surface area contributed by atoms with Crippen molar-refractivity contribution in [2.24, 2.45) is 0 Å². The molecule has 0 radical (unpaired) electrons. The molecule has 1 aliphatic heterocycles. The van der Waals surface area contributed by atoms with Crippen LogP contribution in [0.3, 0.4) is 0 Å². The van der Waals surface area contributed by atoms with Crippen LogP contribution in [0.1, 0.15) is 13.3 Å². The Hall–Kier alpha value is 0.310. The van der Waals surface area contributed by atoms with E-state index in [0.717, 1.165) is 6.61 Å². The first-order valence-electron chi connectivity index (χ1n) is 3.13. The molecule has 8 heavy (non-hydrogen) atoms. The standard InChI is InChI=1S/C6H12OS/c1-2-7-6-3-4-8-5-6/h6H,2-5H2,1H3. The van der Waals surface area contributed by atoms with Gasteiger partial charge in [-0.15, -0.1) is 0 Å². The van der Waals surface area contributed by atoms with Gasteiger partial charge in [0.1, 0.15) is 0 Å². The van der Waals surface area contributed by atoms with Crippen molar-refractivity contribution in [2.45, 2.75) is 19.4 Å². The molecule has 0 amide bonds. The lowest BCUT2D eigenvalue weighted by Crippen LogP contribution is -2.10. The average Bonchev–Trinajstić information content (AvgIpc) is 2.19. The molecule has 0 bridgehead atoms. The molecule has 1 heterocycles. The quantitative estimate of drug-likeness (QED) is 0.563. The fourth-order valence-corrected chi connectivity index (χ4v) is 2.00. The molecule has 1 atom stereocenters. The number of hydrogen-bond acceptors (Lipinski definition) is 2. The van der Waals surface area contributed by atoms with E-state index in [1.807, 2.05) is 11.8 Å². The summed E-state index contributed by atoms with van der Waals surface area (Å²) in [5.74, 6) is 2.51. The maximum Gasteiger partial charge on any atom is 0.0673 e. The number of ether oxygens (including phenoxy) is 1. The largest absolute Gasteiger partial charge is 0.378 e. The van der Waals surface area contributed by atoms with Crippen molar-refractivity contribution in [3.05, 3.63) is 0 Å². The maximum absolute atomic E-state index is 5.38. The van der Waals surface area contributed by atoms with Crippen molar-refractivity contribution in [2.75, 3.05) is 18.1 Å². The van der Waals surface area contributed by atoms with Gasteiger partial charge in [0.2, 0.25) is 0 Å². The molecule has 1 fully saturated rings. The average molecular weight is 132 g/mol. The van der Waals surface area contributed by atoms with Crippen LogP contribution >= 0.6 is 11.8 Å². The van der Waals surface area contributed by atoms with Gasteiger partial charge in [0.15, 0.2) is 0 Å². The molecular weight excluding hydrogens is 120 g/mol. The van der Waals surface area contributed by atoms with Gasteiger partial charge in [-0.25, -0.2) is 0 Å². The van der Waals surface area contributed by atoms with Gasteiger partial charge in [-0.2, -0.15) is 11.8 Å². The summed E-state index contributed by atoms with van der Waals surface area (Å²) < 4.78 is 5.38. The van der Waals surface area contributed by atoms with Gasteiger partial charge >= 0.3 is 0 Å². The molecule has 1 unspecified atom stereocenters. The molecule has 1 rings (SSSR count). The van der Waals surface area contributed by atoms with E-state index >= 15 is 0 Å². The smallest absolute Gasteiger partial charge is 0.0673 e. The van der Waals surface area contributed by atoms with Gasteiger partial charge < -0.3 is 4.74 Å². The zero-order valence-corrected chi connectivity index (χ0v) is 6.04. The van der Waals surface area contributed by atoms with Crippen LogP contribution in [-0.4, -0.2) is 24.2 Å². The zero-order chi connectivity index (χ0) is 5.82. The Balaban J connectivity index is 2.06. The molecular formula is C6H12OS. The van der Waals surface area contributed by atoms with Crippen molar-refractivity contribution in [3.63, 3.8) is 0 Å². The highest BCUT2D eigenvalue weighted by Gasteiger charge is 2.13. The van der Waals surface area contributed by atoms with Gasteiger partial charge in [0.05, 0.1) is 6.10 Å². The van der Waals surface area contributed by atoms with E-state index in [9.17, 15) is 0 Å². The van der Waals surface area contributed by atoms with E-state index < -0.39 is 0 Å². The summed E-state index contributed by atoms with van der Waals surface area (Å²) in [6.07, 6.45) is 1.84. The summed E-state index contributed by atoms with van der Waals surface area (Å²) in [5.41, 5.74) is 0. The van der Waals surface area contributed by atoms with E-state index in [4.69, 9.17) is 4.74 Å². The van der Waals surface area contributed by atoms with Crippen LogP contribution in [0.5, 0.6) is 0 Å². The predicted octanol–water partition coefficient (Wildman–Crippen LogP) is 1.53. The third-order valence-electron chi connectivity index (χ3n) is 1.29. The van der Waals surface area contributed by atoms with Crippen LogP contribution in [0.2, 0.25) is 0 Å². The summed E-state index contributed by atoms with van der Waals surface area (Å²) in [5, 5.41) is 0. The lowest BCUT2D eigenvalue weighted by molar-refractivity contribution is 0.0819. The van der Waals surface area contributed by atoms with E-state index in [1.165, 1.54) is 17.9 Å². The first-order chi connectivity index (χ1) is 3.93. The van der Waals surface area contributed by atoms with E-state index in [1.54, 1.807) is 0 Å². The summed E-state index contributed by atoms with van der Waals surface area (Å²) in [6, 6.07) is 0. The molecule has 0 N–H and O–H groups in total. The van der Waals surface area contributed by atoms with Gasteiger partial charge in [0.25, 0.3) is 0 Å². The second-order valence-corrected chi connectivity index (χ2v) is 3.09. The minimum atomic E-state index is 0.574. The lowest BCUT2D eigenvalue weighted by Gasteiger charge is -2.05. The molecule has 0 spiro atoms. The molecule has 1 aliphatic rings. The van der Waals surface area contributed by atoms with Crippen LogP contribution in [0.15, 0.2) is 0 Å². The summed E-state index contributed by atoms with van der Waals surface area (Å²) >= 11 is 2.00. The predicted molar refractivity (Wildman–Crippen MR) is 37.4 cm³/mol. The van der Waals surface area contributed by atoms with Crippen molar-refractivity contribution in [1.82, 2.24) is 0 Å². The third-order valence-corrected chi connectivity index (χ3v) is 2.42. The van der Waals surface area contributed by atoms with Crippen LogP contribution in [0.4, 0.5) is 0 Å². The molecule has 0 aromatic heterocycles. The van der Waals surface area contributed by atoms with Crippen LogP contribution in [0, 0.1) is 0 Å². The Morgan fingerprint density at radius 1 is 1.75 bits per heavy atom. The van der Waals surface area contributed by atoms with Crippen molar-refractivity contribution >= 4 is 11.8 Å². The lowest BCUT2D eigenvalue weighted by atomic mass is 10.3. The normalized spacial score (nSPS) is 28.9. The SMILES string of the molecule is CCOC1CCSC1. The second-order valence-electron chi connectivity index (χ2n) is 1.94. The Kier molecular flexibility index (Phi) is 2.70. The first-order valence-corrected chi connectivity index (χ1v) is 4.28. The molecule has 0 aromatic rings.